The fourth-order valence-corrected chi connectivity index (χ4v) is 5.25. The van der Waals surface area contributed by atoms with E-state index in [1.807, 2.05) is 60.4 Å². The minimum Gasteiger partial charge on any atom is -0.497 e. The lowest BCUT2D eigenvalue weighted by Crippen LogP contribution is -2.44. The van der Waals surface area contributed by atoms with Gasteiger partial charge >= 0.3 is 0 Å². The van der Waals surface area contributed by atoms with Crippen LogP contribution in [0.15, 0.2) is 48.5 Å². The average Bonchev–Trinajstić information content (AvgIpc) is 3.31. The maximum absolute atomic E-state index is 12.9. The van der Waals surface area contributed by atoms with E-state index in [9.17, 15) is 4.79 Å². The van der Waals surface area contributed by atoms with Crippen LogP contribution in [0.4, 0.5) is 5.69 Å². The molecule has 7 nitrogen and oxygen atoms in total. The lowest BCUT2D eigenvalue weighted by Gasteiger charge is -2.39. The van der Waals surface area contributed by atoms with Crippen LogP contribution < -0.4 is 19.5 Å². The number of piperidine rings is 1. The number of nitrogens with one attached hydrogen (secondary N) is 1. The smallest absolute Gasteiger partial charge is 0.246 e. The highest BCUT2D eigenvalue weighted by Gasteiger charge is 2.41. The molecule has 0 unspecified atom stereocenters. The molecule has 2 saturated heterocycles. The molecule has 0 atom stereocenters. The number of anilines is 1. The number of rotatable bonds is 7. The topological polar surface area (TPSA) is 63.3 Å². The van der Waals surface area contributed by atoms with Gasteiger partial charge in [-0.15, -0.1) is 0 Å². The minimum absolute atomic E-state index is 0.0511. The SMILES string of the molecule is CCOc1ccccc1/C=C/C(=O)N1CCC2(CC1)CCN(C(=S)Nc1cc(OC)cc(OC)c1)C2. The molecule has 2 aromatic carbocycles. The van der Waals surface area contributed by atoms with E-state index in [4.69, 9.17) is 26.4 Å². The second-order valence-corrected chi connectivity index (χ2v) is 9.72. The van der Waals surface area contributed by atoms with Gasteiger partial charge in [0, 0.05) is 61.7 Å². The summed E-state index contributed by atoms with van der Waals surface area (Å²) < 4.78 is 16.4. The molecular formula is C28H35N3O4S. The van der Waals surface area contributed by atoms with Crippen molar-refractivity contribution < 1.29 is 19.0 Å². The number of methoxy groups -OCH3 is 2. The summed E-state index contributed by atoms with van der Waals surface area (Å²) in [5.74, 6) is 2.27. The molecule has 2 aliphatic rings. The highest BCUT2D eigenvalue weighted by atomic mass is 32.1. The lowest BCUT2D eigenvalue weighted by atomic mass is 9.78. The van der Waals surface area contributed by atoms with Gasteiger partial charge in [0.25, 0.3) is 0 Å². The number of thiocarbonyl (C=S) groups is 1. The number of nitrogens with zero attached hydrogens (tertiary/aromatic N) is 2. The minimum atomic E-state index is 0.0511. The van der Waals surface area contributed by atoms with E-state index < -0.39 is 0 Å². The number of para-hydroxylation sites is 1. The van der Waals surface area contributed by atoms with E-state index in [1.165, 1.54) is 0 Å². The molecule has 0 aliphatic carbocycles. The monoisotopic (exact) mass is 509 g/mol. The van der Waals surface area contributed by atoms with E-state index in [1.54, 1.807) is 20.3 Å². The maximum Gasteiger partial charge on any atom is 0.246 e. The van der Waals surface area contributed by atoms with Crippen molar-refractivity contribution in [2.24, 2.45) is 5.41 Å². The second-order valence-electron chi connectivity index (χ2n) is 9.33. The number of carbonyl (C=O) groups is 1. The third-order valence-corrected chi connectivity index (χ3v) is 7.45. The van der Waals surface area contributed by atoms with E-state index in [0.29, 0.717) is 23.2 Å². The summed E-state index contributed by atoms with van der Waals surface area (Å²) in [6.45, 7) is 5.89. The van der Waals surface area contributed by atoms with Gasteiger partial charge in [0.1, 0.15) is 17.2 Å². The molecular weight excluding hydrogens is 474 g/mol. The molecule has 0 saturated carbocycles. The summed E-state index contributed by atoms with van der Waals surface area (Å²) in [6, 6.07) is 13.4. The standard InChI is InChI=1S/C28H35N3O4S/c1-4-35-25-8-6-5-7-21(25)9-10-26(32)30-14-11-28(12-15-30)13-16-31(20-28)27(36)29-22-17-23(33-2)19-24(18-22)34-3/h5-10,17-19H,4,11-16,20H2,1-3H3,(H,29,36)/b10-9+. The first-order chi connectivity index (χ1) is 17.4. The van der Waals surface area contributed by atoms with Crippen LogP contribution in [0.5, 0.6) is 17.2 Å². The van der Waals surface area contributed by atoms with Crippen molar-refractivity contribution in [2.45, 2.75) is 26.2 Å². The molecule has 36 heavy (non-hydrogen) atoms. The quantitative estimate of drug-likeness (QED) is 0.424. The molecule has 8 heteroatoms. The first kappa shape index (κ1) is 25.8. The van der Waals surface area contributed by atoms with Crippen LogP contribution in [0.2, 0.25) is 0 Å². The highest BCUT2D eigenvalue weighted by Crippen LogP contribution is 2.40. The average molecular weight is 510 g/mol. The van der Waals surface area contributed by atoms with Gasteiger partial charge in [-0.25, -0.2) is 0 Å². The Morgan fingerprint density at radius 3 is 2.31 bits per heavy atom. The van der Waals surface area contributed by atoms with Crippen molar-refractivity contribution in [3.8, 4) is 17.2 Å². The van der Waals surface area contributed by atoms with E-state index >= 15 is 0 Å². The molecule has 1 spiro atoms. The van der Waals surface area contributed by atoms with Gasteiger partial charge < -0.3 is 29.3 Å². The van der Waals surface area contributed by atoms with Crippen LogP contribution in [0, 0.1) is 5.41 Å². The third kappa shape index (κ3) is 6.10. The summed E-state index contributed by atoms with van der Waals surface area (Å²) in [6.07, 6.45) is 6.56. The zero-order valence-corrected chi connectivity index (χ0v) is 22.1. The molecule has 2 fully saturated rings. The van der Waals surface area contributed by atoms with Crippen molar-refractivity contribution >= 4 is 35.0 Å². The first-order valence-corrected chi connectivity index (χ1v) is 12.8. The maximum atomic E-state index is 12.9. The Bertz CT molecular complexity index is 1090. The Morgan fingerprint density at radius 1 is 1.03 bits per heavy atom. The first-order valence-electron chi connectivity index (χ1n) is 12.4. The number of likely N-dealkylation sites (tertiary alicyclic amines) is 2. The molecule has 1 N–H and O–H groups in total. The van der Waals surface area contributed by atoms with Crippen LogP contribution in [-0.2, 0) is 4.79 Å². The van der Waals surface area contributed by atoms with Gasteiger partial charge in [-0.2, -0.15) is 0 Å². The molecule has 192 valence electrons. The van der Waals surface area contributed by atoms with Crippen LogP contribution in [-0.4, -0.2) is 67.8 Å². The third-order valence-electron chi connectivity index (χ3n) is 7.09. The Labute approximate surface area is 219 Å². The summed E-state index contributed by atoms with van der Waals surface area (Å²) >= 11 is 5.73. The number of hydrogen-bond donors (Lipinski definition) is 1. The summed E-state index contributed by atoms with van der Waals surface area (Å²) in [5.41, 5.74) is 1.96. The molecule has 2 aliphatic heterocycles. The highest BCUT2D eigenvalue weighted by molar-refractivity contribution is 7.80. The zero-order valence-electron chi connectivity index (χ0n) is 21.3. The molecule has 2 heterocycles. The summed E-state index contributed by atoms with van der Waals surface area (Å²) in [5, 5.41) is 4.05. The second kappa shape index (κ2) is 11.6. The Balaban J connectivity index is 1.31. The van der Waals surface area contributed by atoms with Gasteiger partial charge in [0.05, 0.1) is 20.8 Å². The number of ether oxygens (including phenoxy) is 3. The fourth-order valence-electron chi connectivity index (χ4n) is 4.97. The lowest BCUT2D eigenvalue weighted by molar-refractivity contribution is -0.128. The summed E-state index contributed by atoms with van der Waals surface area (Å²) in [7, 11) is 3.27. The predicted octanol–water partition coefficient (Wildman–Crippen LogP) is 4.83. The largest absolute Gasteiger partial charge is 0.497 e. The Kier molecular flexibility index (Phi) is 8.36. The zero-order chi connectivity index (χ0) is 25.5. The molecule has 0 radical (unpaired) electrons. The van der Waals surface area contributed by atoms with E-state index in [0.717, 1.165) is 62.4 Å². The number of hydrogen-bond acceptors (Lipinski definition) is 5. The molecule has 0 aromatic heterocycles. The molecule has 1 amide bonds. The number of amides is 1. The summed E-state index contributed by atoms with van der Waals surface area (Å²) in [4.78, 5) is 17.1. The van der Waals surface area contributed by atoms with Gasteiger partial charge in [0.2, 0.25) is 5.91 Å². The van der Waals surface area contributed by atoms with Gasteiger partial charge in [-0.1, -0.05) is 18.2 Å². The van der Waals surface area contributed by atoms with Crippen LogP contribution in [0.3, 0.4) is 0 Å². The molecule has 0 bridgehead atoms. The van der Waals surface area contributed by atoms with E-state index in [2.05, 4.69) is 10.2 Å². The number of carbonyl (C=O) groups excluding carboxylic acids is 1. The van der Waals surface area contributed by atoms with Gasteiger partial charge in [-0.3, -0.25) is 4.79 Å². The van der Waals surface area contributed by atoms with Crippen molar-refractivity contribution in [3.63, 3.8) is 0 Å². The predicted molar refractivity (Wildman–Crippen MR) is 147 cm³/mol. The van der Waals surface area contributed by atoms with Crippen molar-refractivity contribution in [1.82, 2.24) is 9.80 Å². The number of benzene rings is 2. The van der Waals surface area contributed by atoms with Crippen molar-refractivity contribution in [1.29, 1.82) is 0 Å². The van der Waals surface area contributed by atoms with E-state index in [-0.39, 0.29) is 11.3 Å². The molecule has 2 aromatic rings. The normalized spacial score (nSPS) is 16.9. The Hall–Kier alpha value is -3.26. The fraction of sp³-hybridized carbons (Fsp3) is 0.429. The van der Waals surface area contributed by atoms with Crippen LogP contribution in [0.1, 0.15) is 31.7 Å². The van der Waals surface area contributed by atoms with Crippen LogP contribution in [0.25, 0.3) is 6.08 Å². The van der Waals surface area contributed by atoms with Crippen LogP contribution >= 0.6 is 12.2 Å². The molecule has 4 rings (SSSR count). The Morgan fingerprint density at radius 2 is 1.67 bits per heavy atom. The van der Waals surface area contributed by atoms with Crippen molar-refractivity contribution in [2.75, 3.05) is 52.3 Å². The van der Waals surface area contributed by atoms with Crippen molar-refractivity contribution in [3.05, 3.63) is 54.1 Å². The van der Waals surface area contributed by atoms with Gasteiger partial charge in [-0.05, 0) is 56.0 Å². The van der Waals surface area contributed by atoms with Gasteiger partial charge in [0.15, 0.2) is 5.11 Å².